The molecule has 158 valence electrons. The minimum atomic E-state index is -3.46. The van der Waals surface area contributed by atoms with Crippen molar-refractivity contribution in [2.24, 2.45) is 0 Å². The van der Waals surface area contributed by atoms with Crippen LogP contribution >= 0.6 is 0 Å². The first-order valence-electron chi connectivity index (χ1n) is 10.4. The molecule has 0 radical (unpaired) electrons. The topological polar surface area (TPSA) is 71.4 Å². The first-order valence-corrected chi connectivity index (χ1v) is 11.9. The Hall–Kier alpha value is -2.64. The van der Waals surface area contributed by atoms with E-state index in [4.69, 9.17) is 0 Å². The maximum Gasteiger partial charge on any atom is 0.243 e. The van der Waals surface area contributed by atoms with Crippen molar-refractivity contribution in [2.45, 2.75) is 37.1 Å². The van der Waals surface area contributed by atoms with Crippen LogP contribution in [0.3, 0.4) is 0 Å². The molecule has 1 saturated heterocycles. The van der Waals surface area contributed by atoms with Gasteiger partial charge in [0, 0.05) is 36.7 Å². The number of aromatic nitrogens is 1. The van der Waals surface area contributed by atoms with Gasteiger partial charge < -0.3 is 9.88 Å². The predicted octanol–water partition coefficient (Wildman–Crippen LogP) is 3.17. The zero-order valence-electron chi connectivity index (χ0n) is 17.0. The van der Waals surface area contributed by atoms with Crippen LogP contribution < -0.4 is 5.32 Å². The van der Waals surface area contributed by atoms with Crippen molar-refractivity contribution >= 4 is 26.8 Å². The second-order valence-electron chi connectivity index (χ2n) is 7.71. The molecule has 7 heteroatoms. The average molecular weight is 426 g/mol. The van der Waals surface area contributed by atoms with Gasteiger partial charge >= 0.3 is 0 Å². The third kappa shape index (κ3) is 4.57. The fraction of sp³-hybridized carbons (Fsp3) is 0.348. The Morgan fingerprint density at radius 3 is 2.50 bits per heavy atom. The number of hydrogen-bond donors (Lipinski definition) is 1. The van der Waals surface area contributed by atoms with E-state index in [1.165, 1.54) is 5.56 Å². The van der Waals surface area contributed by atoms with Crippen molar-refractivity contribution in [3.8, 4) is 0 Å². The van der Waals surface area contributed by atoms with E-state index < -0.39 is 10.0 Å². The van der Waals surface area contributed by atoms with Gasteiger partial charge in [0.05, 0.1) is 4.90 Å². The van der Waals surface area contributed by atoms with Gasteiger partial charge in [0.1, 0.15) is 6.54 Å². The fourth-order valence-corrected chi connectivity index (χ4v) is 5.49. The summed E-state index contributed by atoms with van der Waals surface area (Å²) < 4.78 is 29.2. The quantitative estimate of drug-likeness (QED) is 0.632. The average Bonchev–Trinajstić information content (AvgIpc) is 3.17. The zero-order valence-corrected chi connectivity index (χ0v) is 17.8. The lowest BCUT2D eigenvalue weighted by atomic mass is 10.1. The highest BCUT2D eigenvalue weighted by atomic mass is 32.2. The second kappa shape index (κ2) is 9.02. The van der Waals surface area contributed by atoms with Crippen LogP contribution in [-0.2, 0) is 27.8 Å². The third-order valence-corrected chi connectivity index (χ3v) is 7.48. The summed E-state index contributed by atoms with van der Waals surface area (Å²) in [6.07, 6.45) is 5.53. The maximum atomic E-state index is 12.9. The highest BCUT2D eigenvalue weighted by Crippen LogP contribution is 2.25. The molecule has 0 unspecified atom stereocenters. The van der Waals surface area contributed by atoms with E-state index in [0.717, 1.165) is 36.6 Å². The molecule has 4 rings (SSSR count). The summed E-state index contributed by atoms with van der Waals surface area (Å²) in [5.74, 6) is -0.0616. The summed E-state index contributed by atoms with van der Waals surface area (Å²) in [7, 11) is -3.46. The predicted molar refractivity (Wildman–Crippen MR) is 118 cm³/mol. The SMILES string of the molecule is O=C(Cn1ccc2cc(S(=O)(=O)N3CCCCC3)ccc21)NCCc1ccccc1. The van der Waals surface area contributed by atoms with E-state index in [-0.39, 0.29) is 12.5 Å². The number of amides is 1. The lowest BCUT2D eigenvalue weighted by Gasteiger charge is -2.25. The molecule has 1 fully saturated rings. The normalized spacial score (nSPS) is 15.3. The Balaban J connectivity index is 1.41. The van der Waals surface area contributed by atoms with Gasteiger partial charge in [-0.15, -0.1) is 0 Å². The lowest BCUT2D eigenvalue weighted by Crippen LogP contribution is -2.35. The number of sulfonamides is 1. The van der Waals surface area contributed by atoms with Crippen LogP contribution in [0.5, 0.6) is 0 Å². The number of nitrogens with zero attached hydrogens (tertiary/aromatic N) is 2. The first-order chi connectivity index (χ1) is 14.5. The second-order valence-corrected chi connectivity index (χ2v) is 9.65. The molecule has 0 bridgehead atoms. The van der Waals surface area contributed by atoms with Gasteiger partial charge in [-0.3, -0.25) is 4.79 Å². The molecular formula is C23H27N3O3S. The van der Waals surface area contributed by atoms with E-state index in [0.29, 0.717) is 24.5 Å². The number of nitrogens with one attached hydrogen (secondary N) is 1. The van der Waals surface area contributed by atoms with Crippen LogP contribution in [0.25, 0.3) is 10.9 Å². The molecule has 30 heavy (non-hydrogen) atoms. The van der Waals surface area contributed by atoms with Crippen LogP contribution in [0, 0.1) is 0 Å². The number of fused-ring (bicyclic) bond motifs is 1. The highest BCUT2D eigenvalue weighted by molar-refractivity contribution is 7.89. The number of carbonyl (C=O) groups is 1. The van der Waals surface area contributed by atoms with Crippen molar-refractivity contribution in [3.63, 3.8) is 0 Å². The summed E-state index contributed by atoms with van der Waals surface area (Å²) in [6.45, 7) is 1.96. The van der Waals surface area contributed by atoms with Crippen molar-refractivity contribution in [2.75, 3.05) is 19.6 Å². The monoisotopic (exact) mass is 425 g/mol. The molecule has 1 aliphatic rings. The zero-order chi connectivity index (χ0) is 21.0. The van der Waals surface area contributed by atoms with Gasteiger partial charge in [-0.2, -0.15) is 4.31 Å². The van der Waals surface area contributed by atoms with E-state index in [9.17, 15) is 13.2 Å². The number of hydrogen-bond acceptors (Lipinski definition) is 3. The Labute approximate surface area is 177 Å². The van der Waals surface area contributed by atoms with Crippen molar-refractivity contribution in [1.82, 2.24) is 14.2 Å². The van der Waals surface area contributed by atoms with Gasteiger partial charge in [-0.05, 0) is 49.1 Å². The highest BCUT2D eigenvalue weighted by Gasteiger charge is 2.26. The van der Waals surface area contributed by atoms with Crippen LogP contribution in [-0.4, -0.2) is 42.8 Å². The maximum absolute atomic E-state index is 12.9. The minimum Gasteiger partial charge on any atom is -0.354 e. The summed E-state index contributed by atoms with van der Waals surface area (Å²) in [6, 6.07) is 17.1. The van der Waals surface area contributed by atoms with Crippen LogP contribution in [0.15, 0.2) is 65.7 Å². The standard InChI is InChI=1S/C23H27N3O3S/c27-23(24-13-11-19-7-3-1-4-8-19)18-25-16-12-20-17-21(9-10-22(20)25)30(28,29)26-14-5-2-6-15-26/h1,3-4,7-10,12,16-17H,2,5-6,11,13-15,18H2,(H,24,27). The van der Waals surface area contributed by atoms with Gasteiger partial charge in [0.2, 0.25) is 15.9 Å². The molecule has 0 saturated carbocycles. The van der Waals surface area contributed by atoms with Crippen molar-refractivity contribution < 1.29 is 13.2 Å². The summed E-state index contributed by atoms with van der Waals surface area (Å²) in [5, 5.41) is 3.77. The number of rotatable bonds is 7. The summed E-state index contributed by atoms with van der Waals surface area (Å²) in [5.41, 5.74) is 2.04. The molecule has 1 aromatic heterocycles. The molecule has 2 aromatic carbocycles. The van der Waals surface area contributed by atoms with E-state index in [1.807, 2.05) is 47.2 Å². The smallest absolute Gasteiger partial charge is 0.243 e. The largest absolute Gasteiger partial charge is 0.354 e. The molecular weight excluding hydrogens is 398 g/mol. The van der Waals surface area contributed by atoms with Crippen molar-refractivity contribution in [1.29, 1.82) is 0 Å². The Bertz CT molecular complexity index is 1120. The Morgan fingerprint density at radius 2 is 1.73 bits per heavy atom. The van der Waals surface area contributed by atoms with E-state index in [1.54, 1.807) is 22.5 Å². The number of benzene rings is 2. The molecule has 6 nitrogen and oxygen atoms in total. The van der Waals surface area contributed by atoms with Crippen LogP contribution in [0.1, 0.15) is 24.8 Å². The molecule has 2 heterocycles. The Morgan fingerprint density at radius 1 is 0.967 bits per heavy atom. The first kappa shape index (κ1) is 20.6. The van der Waals surface area contributed by atoms with Gasteiger partial charge in [0.25, 0.3) is 0 Å². The van der Waals surface area contributed by atoms with Crippen LogP contribution in [0.2, 0.25) is 0 Å². The van der Waals surface area contributed by atoms with Crippen LogP contribution in [0.4, 0.5) is 0 Å². The molecule has 1 N–H and O–H groups in total. The van der Waals surface area contributed by atoms with Gasteiger partial charge in [-0.1, -0.05) is 36.8 Å². The molecule has 0 aliphatic carbocycles. The molecule has 3 aromatic rings. The van der Waals surface area contributed by atoms with E-state index >= 15 is 0 Å². The molecule has 1 aliphatic heterocycles. The summed E-state index contributed by atoms with van der Waals surface area (Å²) >= 11 is 0. The lowest BCUT2D eigenvalue weighted by molar-refractivity contribution is -0.121. The fourth-order valence-electron chi connectivity index (χ4n) is 3.93. The minimum absolute atomic E-state index is 0.0616. The van der Waals surface area contributed by atoms with E-state index in [2.05, 4.69) is 5.32 Å². The van der Waals surface area contributed by atoms with Gasteiger partial charge in [0.15, 0.2) is 0 Å². The third-order valence-electron chi connectivity index (χ3n) is 5.59. The Kier molecular flexibility index (Phi) is 6.20. The molecule has 1 amide bonds. The summed E-state index contributed by atoms with van der Waals surface area (Å²) in [4.78, 5) is 12.7. The number of piperidine rings is 1. The number of carbonyl (C=O) groups excluding carboxylic acids is 1. The molecule has 0 atom stereocenters. The van der Waals surface area contributed by atoms with Gasteiger partial charge in [-0.25, -0.2) is 8.42 Å². The molecule has 0 spiro atoms. The van der Waals surface area contributed by atoms with Crippen molar-refractivity contribution in [3.05, 3.63) is 66.4 Å².